The SMILES string of the molecule is CC(N)C(C)C(=O)N(C)C1CCN(C(C)C)CC1. The summed E-state index contributed by atoms with van der Waals surface area (Å²) < 4.78 is 0. The number of carbonyl (C=O) groups is 1. The highest BCUT2D eigenvalue weighted by atomic mass is 16.2. The van der Waals surface area contributed by atoms with Gasteiger partial charge in [-0.15, -0.1) is 0 Å². The maximum absolute atomic E-state index is 12.2. The second-order valence-corrected chi connectivity index (χ2v) is 5.96. The topological polar surface area (TPSA) is 49.6 Å². The van der Waals surface area contributed by atoms with Crippen LogP contribution >= 0.6 is 0 Å². The molecule has 2 atom stereocenters. The van der Waals surface area contributed by atoms with E-state index in [1.54, 1.807) is 0 Å². The maximum Gasteiger partial charge on any atom is 0.226 e. The molecule has 0 aromatic heterocycles. The zero-order valence-corrected chi connectivity index (χ0v) is 12.5. The molecule has 0 saturated carbocycles. The van der Waals surface area contributed by atoms with Gasteiger partial charge in [0.25, 0.3) is 0 Å². The fourth-order valence-electron chi connectivity index (χ4n) is 2.52. The van der Waals surface area contributed by atoms with Gasteiger partial charge in [-0.3, -0.25) is 4.79 Å². The van der Waals surface area contributed by atoms with Gasteiger partial charge >= 0.3 is 0 Å². The van der Waals surface area contributed by atoms with E-state index >= 15 is 0 Å². The highest BCUT2D eigenvalue weighted by Crippen LogP contribution is 2.19. The van der Waals surface area contributed by atoms with Crippen molar-refractivity contribution in [3.8, 4) is 0 Å². The first-order chi connectivity index (χ1) is 8.34. The van der Waals surface area contributed by atoms with E-state index < -0.39 is 0 Å². The lowest BCUT2D eigenvalue weighted by molar-refractivity contribution is -0.137. The van der Waals surface area contributed by atoms with Crippen LogP contribution in [-0.2, 0) is 4.79 Å². The third-order valence-electron chi connectivity index (χ3n) is 4.30. The van der Waals surface area contributed by atoms with Crippen molar-refractivity contribution in [2.45, 2.75) is 58.7 Å². The van der Waals surface area contributed by atoms with Gasteiger partial charge in [0.2, 0.25) is 5.91 Å². The molecule has 1 amide bonds. The summed E-state index contributed by atoms with van der Waals surface area (Å²) in [4.78, 5) is 16.6. The Bertz CT molecular complexity index is 270. The third-order valence-corrected chi connectivity index (χ3v) is 4.30. The molecule has 0 aromatic rings. The normalized spacial score (nSPS) is 21.9. The van der Waals surface area contributed by atoms with Crippen LogP contribution in [-0.4, -0.2) is 54.0 Å². The minimum atomic E-state index is -0.0851. The van der Waals surface area contributed by atoms with Crippen molar-refractivity contribution in [1.29, 1.82) is 0 Å². The molecule has 1 heterocycles. The summed E-state index contributed by atoms with van der Waals surface area (Å²) in [7, 11) is 1.93. The number of piperidine rings is 1. The summed E-state index contributed by atoms with van der Waals surface area (Å²) in [5.74, 6) is 0.103. The van der Waals surface area contributed by atoms with Crippen LogP contribution in [0.1, 0.15) is 40.5 Å². The van der Waals surface area contributed by atoms with Crippen molar-refractivity contribution in [2.75, 3.05) is 20.1 Å². The zero-order valence-electron chi connectivity index (χ0n) is 12.5. The van der Waals surface area contributed by atoms with Crippen molar-refractivity contribution < 1.29 is 4.79 Å². The van der Waals surface area contributed by atoms with Crippen LogP contribution < -0.4 is 5.73 Å². The van der Waals surface area contributed by atoms with E-state index in [4.69, 9.17) is 5.73 Å². The molecule has 1 fully saturated rings. The summed E-state index contributed by atoms with van der Waals surface area (Å²) in [6.45, 7) is 10.5. The summed E-state index contributed by atoms with van der Waals surface area (Å²) in [5, 5.41) is 0. The molecular formula is C14H29N3O. The lowest BCUT2D eigenvalue weighted by Gasteiger charge is -2.39. The van der Waals surface area contributed by atoms with Gasteiger partial charge in [0.1, 0.15) is 0 Å². The van der Waals surface area contributed by atoms with E-state index in [0.717, 1.165) is 25.9 Å². The Kier molecular flexibility index (Phi) is 5.60. The van der Waals surface area contributed by atoms with Gasteiger partial charge in [-0.2, -0.15) is 0 Å². The quantitative estimate of drug-likeness (QED) is 0.824. The van der Waals surface area contributed by atoms with Gasteiger partial charge < -0.3 is 15.5 Å². The molecule has 18 heavy (non-hydrogen) atoms. The van der Waals surface area contributed by atoms with E-state index in [2.05, 4.69) is 18.7 Å². The molecule has 0 bridgehead atoms. The number of hydrogen-bond donors (Lipinski definition) is 1. The molecule has 4 heteroatoms. The van der Waals surface area contributed by atoms with E-state index in [1.165, 1.54) is 0 Å². The van der Waals surface area contributed by atoms with Crippen LogP contribution in [0.2, 0.25) is 0 Å². The first-order valence-corrected chi connectivity index (χ1v) is 7.11. The average molecular weight is 255 g/mol. The van der Waals surface area contributed by atoms with Crippen molar-refractivity contribution in [3.63, 3.8) is 0 Å². The lowest BCUT2D eigenvalue weighted by Crippen LogP contribution is -2.50. The molecule has 1 saturated heterocycles. The number of carbonyl (C=O) groups excluding carboxylic acids is 1. The third kappa shape index (κ3) is 3.69. The molecule has 1 rings (SSSR count). The smallest absolute Gasteiger partial charge is 0.226 e. The number of likely N-dealkylation sites (tertiary alicyclic amines) is 1. The van der Waals surface area contributed by atoms with E-state index in [0.29, 0.717) is 12.1 Å². The average Bonchev–Trinajstić information content (AvgIpc) is 2.36. The van der Waals surface area contributed by atoms with Gasteiger partial charge in [0.15, 0.2) is 0 Å². The second kappa shape index (κ2) is 6.53. The van der Waals surface area contributed by atoms with Gasteiger partial charge in [0, 0.05) is 38.3 Å². The molecule has 2 unspecified atom stereocenters. The molecule has 106 valence electrons. The van der Waals surface area contributed by atoms with Gasteiger partial charge in [-0.25, -0.2) is 0 Å². The number of nitrogens with two attached hydrogens (primary N) is 1. The molecule has 1 aliphatic heterocycles. The molecule has 0 spiro atoms. The molecule has 0 aliphatic carbocycles. The summed E-state index contributed by atoms with van der Waals surface area (Å²) in [6, 6.07) is 0.916. The van der Waals surface area contributed by atoms with Crippen LogP contribution in [0.25, 0.3) is 0 Å². The Morgan fingerprint density at radius 1 is 1.22 bits per heavy atom. The predicted octanol–water partition coefficient (Wildman–Crippen LogP) is 1.30. The highest BCUT2D eigenvalue weighted by Gasteiger charge is 2.29. The molecule has 1 aliphatic rings. The highest BCUT2D eigenvalue weighted by molar-refractivity contribution is 5.79. The van der Waals surface area contributed by atoms with Gasteiger partial charge in [-0.1, -0.05) is 6.92 Å². The van der Waals surface area contributed by atoms with Crippen LogP contribution in [0.15, 0.2) is 0 Å². The van der Waals surface area contributed by atoms with Crippen LogP contribution in [0.4, 0.5) is 0 Å². The van der Waals surface area contributed by atoms with Crippen molar-refractivity contribution in [3.05, 3.63) is 0 Å². The second-order valence-electron chi connectivity index (χ2n) is 5.96. The minimum Gasteiger partial charge on any atom is -0.342 e. The Labute approximate surface area is 111 Å². The number of hydrogen-bond acceptors (Lipinski definition) is 3. The number of amides is 1. The largest absolute Gasteiger partial charge is 0.342 e. The monoisotopic (exact) mass is 255 g/mol. The first-order valence-electron chi connectivity index (χ1n) is 7.11. The first kappa shape index (κ1) is 15.4. The summed E-state index contributed by atoms with van der Waals surface area (Å²) in [5.41, 5.74) is 5.81. The van der Waals surface area contributed by atoms with Gasteiger partial charge in [0.05, 0.1) is 5.92 Å². The minimum absolute atomic E-state index is 0.0734. The van der Waals surface area contributed by atoms with Gasteiger partial charge in [-0.05, 0) is 33.6 Å². The van der Waals surface area contributed by atoms with Crippen molar-refractivity contribution >= 4 is 5.91 Å². The summed E-state index contributed by atoms with van der Waals surface area (Å²) in [6.07, 6.45) is 2.15. The molecule has 2 N–H and O–H groups in total. The number of nitrogens with zero attached hydrogens (tertiary/aromatic N) is 2. The van der Waals surface area contributed by atoms with Crippen LogP contribution in [0.5, 0.6) is 0 Å². The van der Waals surface area contributed by atoms with Crippen LogP contribution in [0, 0.1) is 5.92 Å². The molecular weight excluding hydrogens is 226 g/mol. The molecule has 0 aromatic carbocycles. The summed E-state index contributed by atoms with van der Waals surface area (Å²) >= 11 is 0. The van der Waals surface area contributed by atoms with Crippen molar-refractivity contribution in [2.24, 2.45) is 11.7 Å². The standard InChI is InChI=1S/C14H29N3O/c1-10(2)17-8-6-13(7-9-17)16(5)14(18)11(3)12(4)15/h10-13H,6-9,15H2,1-5H3. The maximum atomic E-state index is 12.2. The van der Waals surface area contributed by atoms with E-state index in [-0.39, 0.29) is 17.9 Å². The fraction of sp³-hybridized carbons (Fsp3) is 0.929. The Balaban J connectivity index is 2.49. The van der Waals surface area contributed by atoms with Crippen molar-refractivity contribution in [1.82, 2.24) is 9.80 Å². The lowest BCUT2D eigenvalue weighted by atomic mass is 9.98. The Morgan fingerprint density at radius 2 is 1.72 bits per heavy atom. The van der Waals surface area contributed by atoms with E-state index in [1.807, 2.05) is 25.8 Å². The number of rotatable bonds is 4. The van der Waals surface area contributed by atoms with E-state index in [9.17, 15) is 4.79 Å². The predicted molar refractivity (Wildman–Crippen MR) is 75.3 cm³/mol. The molecule has 0 radical (unpaired) electrons. The van der Waals surface area contributed by atoms with Crippen LogP contribution in [0.3, 0.4) is 0 Å². The Morgan fingerprint density at radius 3 is 2.11 bits per heavy atom. The fourth-order valence-corrected chi connectivity index (χ4v) is 2.52. The Hall–Kier alpha value is -0.610. The zero-order chi connectivity index (χ0) is 13.9. The molecule has 4 nitrogen and oxygen atoms in total.